The van der Waals surface area contributed by atoms with Crippen molar-refractivity contribution in [3.05, 3.63) is 16.7 Å². The summed E-state index contributed by atoms with van der Waals surface area (Å²) in [6.07, 6.45) is 0. The van der Waals surface area contributed by atoms with E-state index in [2.05, 4.69) is 5.43 Å². The van der Waals surface area contributed by atoms with E-state index < -0.39 is 11.8 Å². The van der Waals surface area contributed by atoms with Crippen LogP contribution in [0.1, 0.15) is 24.2 Å². The maximum absolute atomic E-state index is 12.0. The Balaban J connectivity index is 2.70. The van der Waals surface area contributed by atoms with Crippen LogP contribution in [-0.2, 0) is 0 Å². The number of aromatic hydroxyl groups is 2. The van der Waals surface area contributed by atoms with E-state index in [1.807, 2.05) is 6.92 Å². The van der Waals surface area contributed by atoms with E-state index >= 15 is 0 Å². The standard InChI is InChI=1S/C11H13ClN2O3/c1-3-14-6-4-7(15)11(17)9(12)8(6)10(16)5(2)13-14/h4-5,13,15,17H,3H2,1-2H3. The van der Waals surface area contributed by atoms with Crippen LogP contribution in [0.25, 0.3) is 0 Å². The molecule has 0 saturated carbocycles. The van der Waals surface area contributed by atoms with Crippen molar-refractivity contribution < 1.29 is 15.0 Å². The van der Waals surface area contributed by atoms with Gasteiger partial charge in [0.1, 0.15) is 0 Å². The molecule has 17 heavy (non-hydrogen) atoms. The van der Waals surface area contributed by atoms with Gasteiger partial charge in [-0.25, -0.2) is 5.43 Å². The van der Waals surface area contributed by atoms with Gasteiger partial charge in [0, 0.05) is 12.6 Å². The summed E-state index contributed by atoms with van der Waals surface area (Å²) in [4.78, 5) is 12.0. The van der Waals surface area contributed by atoms with Crippen LogP contribution < -0.4 is 10.4 Å². The van der Waals surface area contributed by atoms with Gasteiger partial charge in [0.25, 0.3) is 0 Å². The number of ketones is 1. The average molecular weight is 257 g/mol. The van der Waals surface area contributed by atoms with Crippen molar-refractivity contribution in [2.45, 2.75) is 19.9 Å². The Bertz CT molecular complexity index is 490. The van der Waals surface area contributed by atoms with Gasteiger partial charge in [0.05, 0.1) is 22.3 Å². The minimum absolute atomic E-state index is 0.100. The van der Waals surface area contributed by atoms with Gasteiger partial charge in [0.15, 0.2) is 17.3 Å². The second-order valence-electron chi connectivity index (χ2n) is 3.91. The Labute approximate surface area is 104 Å². The molecule has 1 heterocycles. The quantitative estimate of drug-likeness (QED) is 0.667. The second kappa shape index (κ2) is 4.09. The molecule has 1 aromatic carbocycles. The SMILES string of the molecule is CCN1NC(C)C(=O)c2c1cc(O)c(O)c2Cl. The van der Waals surface area contributed by atoms with Crippen LogP contribution in [0.5, 0.6) is 11.5 Å². The number of carbonyl (C=O) groups is 1. The number of benzene rings is 1. The molecular weight excluding hydrogens is 244 g/mol. The van der Waals surface area contributed by atoms with Gasteiger partial charge in [-0.1, -0.05) is 11.6 Å². The normalized spacial score (nSPS) is 19.4. The lowest BCUT2D eigenvalue weighted by Crippen LogP contribution is -2.51. The third-order valence-electron chi connectivity index (χ3n) is 2.80. The lowest BCUT2D eigenvalue weighted by atomic mass is 10.00. The first kappa shape index (κ1) is 12.0. The maximum Gasteiger partial charge on any atom is 0.185 e. The first-order valence-corrected chi connectivity index (χ1v) is 5.67. The molecule has 1 aromatic rings. The largest absolute Gasteiger partial charge is 0.504 e. The third kappa shape index (κ3) is 1.71. The highest BCUT2D eigenvalue weighted by molar-refractivity contribution is 6.37. The number of rotatable bonds is 1. The van der Waals surface area contributed by atoms with Crippen molar-refractivity contribution in [1.82, 2.24) is 5.43 Å². The fourth-order valence-electron chi connectivity index (χ4n) is 1.90. The number of phenolic OH excluding ortho intramolecular Hbond substituents is 2. The molecule has 3 N–H and O–H groups in total. The van der Waals surface area contributed by atoms with E-state index in [1.165, 1.54) is 6.07 Å². The highest BCUT2D eigenvalue weighted by Gasteiger charge is 2.32. The van der Waals surface area contributed by atoms with Gasteiger partial charge in [-0.2, -0.15) is 0 Å². The summed E-state index contributed by atoms with van der Waals surface area (Å²) in [6.45, 7) is 4.22. The molecule has 92 valence electrons. The molecule has 1 atom stereocenters. The number of halogens is 1. The van der Waals surface area contributed by atoms with Crippen LogP contribution >= 0.6 is 11.6 Å². The lowest BCUT2D eigenvalue weighted by Gasteiger charge is -2.34. The molecule has 6 heteroatoms. The van der Waals surface area contributed by atoms with Crippen LogP contribution in [0.15, 0.2) is 6.07 Å². The van der Waals surface area contributed by atoms with Crippen LogP contribution in [-0.4, -0.2) is 28.6 Å². The zero-order valence-electron chi connectivity index (χ0n) is 9.49. The van der Waals surface area contributed by atoms with Crippen LogP contribution in [0.3, 0.4) is 0 Å². The summed E-state index contributed by atoms with van der Waals surface area (Å²) in [5, 5.41) is 20.7. The Morgan fingerprint density at radius 2 is 2.18 bits per heavy atom. The minimum Gasteiger partial charge on any atom is -0.504 e. The molecule has 0 spiro atoms. The molecule has 0 aromatic heterocycles. The predicted octanol–water partition coefficient (Wildman–Crippen LogP) is 1.67. The Kier molecular flexibility index (Phi) is 2.89. The fourth-order valence-corrected chi connectivity index (χ4v) is 2.19. The van der Waals surface area contributed by atoms with Crippen molar-refractivity contribution in [3.63, 3.8) is 0 Å². The minimum atomic E-state index is -0.455. The van der Waals surface area contributed by atoms with E-state index in [-0.39, 0.29) is 22.1 Å². The number of Topliss-reactive ketones (excluding diaryl/α,β-unsaturated/α-hetero) is 1. The van der Waals surface area contributed by atoms with Gasteiger partial charge in [-0.3, -0.25) is 4.79 Å². The van der Waals surface area contributed by atoms with Gasteiger partial charge < -0.3 is 15.2 Å². The van der Waals surface area contributed by atoms with E-state index in [0.717, 1.165) is 0 Å². The average Bonchev–Trinajstić information content (AvgIpc) is 2.30. The Morgan fingerprint density at radius 1 is 1.53 bits per heavy atom. The number of nitrogens with zero attached hydrogens (tertiary/aromatic N) is 1. The number of anilines is 1. The first-order chi connectivity index (χ1) is 7.97. The lowest BCUT2D eigenvalue weighted by molar-refractivity contribution is 0.0940. The summed E-state index contributed by atoms with van der Waals surface area (Å²) in [6, 6.07) is 0.917. The number of nitrogens with one attached hydrogen (secondary N) is 1. The van der Waals surface area contributed by atoms with Crippen LogP contribution in [0.4, 0.5) is 5.69 Å². The molecule has 1 unspecified atom stereocenters. The zero-order valence-corrected chi connectivity index (χ0v) is 10.2. The number of hydrogen-bond acceptors (Lipinski definition) is 5. The number of hydrazine groups is 1. The van der Waals surface area contributed by atoms with Gasteiger partial charge in [-0.05, 0) is 13.8 Å². The molecule has 0 saturated heterocycles. The van der Waals surface area contributed by atoms with Gasteiger partial charge >= 0.3 is 0 Å². The molecule has 2 rings (SSSR count). The van der Waals surface area contributed by atoms with Crippen molar-refractivity contribution >= 4 is 23.1 Å². The summed E-state index contributed by atoms with van der Waals surface area (Å²) in [7, 11) is 0. The summed E-state index contributed by atoms with van der Waals surface area (Å²) in [5.74, 6) is -0.995. The van der Waals surface area contributed by atoms with Crippen molar-refractivity contribution in [2.75, 3.05) is 11.6 Å². The smallest absolute Gasteiger partial charge is 0.185 e. The molecule has 5 nitrogen and oxygen atoms in total. The van der Waals surface area contributed by atoms with Crippen molar-refractivity contribution in [3.8, 4) is 11.5 Å². The second-order valence-corrected chi connectivity index (χ2v) is 4.29. The van der Waals surface area contributed by atoms with Gasteiger partial charge in [-0.15, -0.1) is 0 Å². The first-order valence-electron chi connectivity index (χ1n) is 5.29. The van der Waals surface area contributed by atoms with E-state index in [9.17, 15) is 15.0 Å². The molecule has 1 aliphatic heterocycles. The molecular formula is C11H13ClN2O3. The summed E-state index contributed by atoms with van der Waals surface area (Å²) < 4.78 is 0. The molecule has 0 bridgehead atoms. The fraction of sp³-hybridized carbons (Fsp3) is 0.364. The maximum atomic E-state index is 12.0. The van der Waals surface area contributed by atoms with Gasteiger partial charge in [0.2, 0.25) is 0 Å². The summed E-state index contributed by atoms with van der Waals surface area (Å²) >= 11 is 5.91. The van der Waals surface area contributed by atoms with E-state index in [4.69, 9.17) is 11.6 Å². The molecule has 0 amide bonds. The Hall–Kier alpha value is -1.46. The number of fused-ring (bicyclic) bond motifs is 1. The highest BCUT2D eigenvalue weighted by Crippen LogP contribution is 2.43. The third-order valence-corrected chi connectivity index (χ3v) is 3.16. The topological polar surface area (TPSA) is 72.8 Å². The van der Waals surface area contributed by atoms with Crippen LogP contribution in [0.2, 0.25) is 5.02 Å². The number of phenols is 2. The molecule has 0 aliphatic carbocycles. The summed E-state index contributed by atoms with van der Waals surface area (Å²) in [5.41, 5.74) is 3.71. The van der Waals surface area contributed by atoms with Crippen molar-refractivity contribution in [1.29, 1.82) is 0 Å². The zero-order chi connectivity index (χ0) is 12.7. The monoisotopic (exact) mass is 256 g/mol. The molecule has 1 aliphatic rings. The number of carbonyl (C=O) groups excluding carboxylic acids is 1. The number of hydrogen-bond donors (Lipinski definition) is 3. The van der Waals surface area contributed by atoms with Crippen LogP contribution in [0, 0.1) is 0 Å². The van der Waals surface area contributed by atoms with E-state index in [1.54, 1.807) is 11.9 Å². The predicted molar refractivity (Wildman–Crippen MR) is 64.7 cm³/mol. The molecule has 0 radical (unpaired) electrons. The van der Waals surface area contributed by atoms with Crippen molar-refractivity contribution in [2.24, 2.45) is 0 Å². The Morgan fingerprint density at radius 3 is 2.76 bits per heavy atom. The van der Waals surface area contributed by atoms with E-state index in [0.29, 0.717) is 12.2 Å². The highest BCUT2D eigenvalue weighted by atomic mass is 35.5. The molecule has 0 fully saturated rings.